The van der Waals surface area contributed by atoms with Gasteiger partial charge in [0.15, 0.2) is 17.2 Å². The zero-order valence-electron chi connectivity index (χ0n) is 17.6. The number of carbonyl (C=O) groups excluding carboxylic acids is 1. The third kappa shape index (κ3) is 5.07. The summed E-state index contributed by atoms with van der Waals surface area (Å²) in [5.74, 6) is -2.13. The number of fused-ring (bicyclic) bond motifs is 1. The molecular formula is C23H24N2O7S. The van der Waals surface area contributed by atoms with E-state index in [9.17, 15) is 30.3 Å². The van der Waals surface area contributed by atoms with E-state index in [1.54, 1.807) is 0 Å². The highest BCUT2D eigenvalue weighted by Crippen LogP contribution is 2.39. The Morgan fingerprint density at radius 3 is 2.30 bits per heavy atom. The lowest BCUT2D eigenvalue weighted by Gasteiger charge is -2.14. The summed E-state index contributed by atoms with van der Waals surface area (Å²) >= 11 is 1.50. The molecule has 10 heteroatoms. The maximum atomic E-state index is 13.1. The Morgan fingerprint density at radius 1 is 0.939 bits per heavy atom. The number of anilines is 2. The van der Waals surface area contributed by atoms with Crippen LogP contribution >= 0.6 is 11.3 Å². The van der Waals surface area contributed by atoms with Crippen LogP contribution in [0.4, 0.5) is 10.7 Å². The molecule has 2 aromatic carbocycles. The first-order chi connectivity index (χ1) is 15.8. The Morgan fingerprint density at radius 2 is 1.61 bits per heavy atom. The van der Waals surface area contributed by atoms with Gasteiger partial charge in [-0.15, -0.1) is 11.3 Å². The number of hydrogen-bond acceptors (Lipinski definition) is 9. The zero-order valence-corrected chi connectivity index (χ0v) is 18.4. The maximum Gasteiger partial charge on any atom is 0.258 e. The number of hydrogen-bond donors (Lipinski definition) is 7. The number of amides is 1. The van der Waals surface area contributed by atoms with Crippen LogP contribution in [-0.2, 0) is 24.2 Å². The van der Waals surface area contributed by atoms with Crippen molar-refractivity contribution in [1.29, 1.82) is 0 Å². The predicted octanol–water partition coefficient (Wildman–Crippen LogP) is 3.99. The number of thiophene rings is 1. The second-order valence-corrected chi connectivity index (χ2v) is 8.86. The fourth-order valence-corrected chi connectivity index (χ4v) is 5.09. The molecule has 0 saturated heterocycles. The van der Waals surface area contributed by atoms with Crippen molar-refractivity contribution in [3.05, 3.63) is 51.9 Å². The zero-order chi connectivity index (χ0) is 23.5. The van der Waals surface area contributed by atoms with Gasteiger partial charge in [-0.2, -0.15) is 0 Å². The van der Waals surface area contributed by atoms with Crippen molar-refractivity contribution in [2.24, 2.45) is 0 Å². The molecule has 1 amide bonds. The maximum absolute atomic E-state index is 13.1. The van der Waals surface area contributed by atoms with Crippen molar-refractivity contribution >= 4 is 27.9 Å². The Labute approximate surface area is 193 Å². The lowest BCUT2D eigenvalue weighted by atomic mass is 9.95. The van der Waals surface area contributed by atoms with Crippen molar-refractivity contribution in [1.82, 2.24) is 0 Å². The van der Waals surface area contributed by atoms with Gasteiger partial charge in [-0.25, -0.2) is 0 Å². The predicted molar refractivity (Wildman–Crippen MR) is 123 cm³/mol. The number of benzene rings is 2. The van der Waals surface area contributed by atoms with Crippen molar-refractivity contribution < 1.29 is 35.1 Å². The number of aromatic hydroxyl groups is 5. The Kier molecular flexibility index (Phi) is 6.47. The van der Waals surface area contributed by atoms with Gasteiger partial charge in [0.2, 0.25) is 0 Å². The van der Waals surface area contributed by atoms with E-state index in [0.717, 1.165) is 36.1 Å². The SMILES string of the molecule is O=C(Nc1cc(O)cc(O)c1)c1c(NCOCc2cc(O)c(O)c(O)c2)sc2c1CCCC2. The summed E-state index contributed by atoms with van der Waals surface area (Å²) in [6.45, 7) is 0.124. The summed E-state index contributed by atoms with van der Waals surface area (Å²) in [6, 6.07) is 6.48. The highest BCUT2D eigenvalue weighted by Gasteiger charge is 2.25. The Bertz CT molecular complexity index is 1150. The van der Waals surface area contributed by atoms with Crippen LogP contribution in [0.25, 0.3) is 0 Å². The first-order valence-electron chi connectivity index (χ1n) is 10.4. The fourth-order valence-electron chi connectivity index (χ4n) is 3.82. The number of aryl methyl sites for hydroxylation is 1. The van der Waals surface area contributed by atoms with E-state index in [-0.39, 0.29) is 36.4 Å². The summed E-state index contributed by atoms with van der Waals surface area (Å²) < 4.78 is 5.58. The third-order valence-corrected chi connectivity index (χ3v) is 6.54. The van der Waals surface area contributed by atoms with E-state index in [2.05, 4.69) is 10.6 Å². The Balaban J connectivity index is 1.47. The van der Waals surface area contributed by atoms with Crippen molar-refractivity contribution in [2.45, 2.75) is 32.3 Å². The van der Waals surface area contributed by atoms with Crippen LogP contribution in [-0.4, -0.2) is 38.2 Å². The first-order valence-corrected chi connectivity index (χ1v) is 11.2. The molecule has 4 rings (SSSR count). The minimum absolute atomic E-state index is 0.0591. The summed E-state index contributed by atoms with van der Waals surface area (Å²) in [5.41, 5.74) is 2.25. The molecule has 1 aliphatic carbocycles. The van der Waals surface area contributed by atoms with Gasteiger partial charge in [0.1, 0.15) is 23.2 Å². The van der Waals surface area contributed by atoms with Crippen LogP contribution in [0.5, 0.6) is 28.7 Å². The molecule has 33 heavy (non-hydrogen) atoms. The second kappa shape index (κ2) is 9.47. The summed E-state index contributed by atoms with van der Waals surface area (Å²) in [7, 11) is 0. The van der Waals surface area contributed by atoms with Gasteiger partial charge in [-0.3, -0.25) is 4.79 Å². The van der Waals surface area contributed by atoms with E-state index in [1.165, 1.54) is 41.7 Å². The summed E-state index contributed by atoms with van der Waals surface area (Å²) in [4.78, 5) is 14.3. The smallest absolute Gasteiger partial charge is 0.258 e. The van der Waals surface area contributed by atoms with Gasteiger partial charge in [0, 0.05) is 28.8 Å². The molecule has 1 heterocycles. The van der Waals surface area contributed by atoms with Crippen LogP contribution in [0.3, 0.4) is 0 Å². The largest absolute Gasteiger partial charge is 0.508 e. The van der Waals surface area contributed by atoms with Crippen LogP contribution in [0.2, 0.25) is 0 Å². The van der Waals surface area contributed by atoms with E-state index < -0.39 is 17.2 Å². The fraction of sp³-hybridized carbons (Fsp3) is 0.261. The quantitative estimate of drug-likeness (QED) is 0.155. The number of ether oxygens (including phenoxy) is 1. The molecule has 0 saturated carbocycles. The topological polar surface area (TPSA) is 152 Å². The van der Waals surface area contributed by atoms with Crippen LogP contribution in [0, 0.1) is 0 Å². The van der Waals surface area contributed by atoms with Crippen LogP contribution in [0.15, 0.2) is 30.3 Å². The standard InChI is InChI=1S/C23H24N2O7S/c26-14-7-13(8-15(27)9-14)25-22(31)20-16-3-1-2-4-19(16)33-23(20)24-11-32-10-12-5-17(28)21(30)18(29)6-12/h5-9,24,26-30H,1-4,10-11H2,(H,25,31). The van der Waals surface area contributed by atoms with E-state index in [1.807, 2.05) is 0 Å². The molecule has 0 atom stereocenters. The molecule has 0 unspecified atom stereocenters. The number of carbonyl (C=O) groups is 1. The molecular weight excluding hydrogens is 448 g/mol. The van der Waals surface area contributed by atoms with Crippen molar-refractivity contribution in [3.8, 4) is 28.7 Å². The lowest BCUT2D eigenvalue weighted by Crippen LogP contribution is -2.17. The highest BCUT2D eigenvalue weighted by molar-refractivity contribution is 7.16. The van der Waals surface area contributed by atoms with Gasteiger partial charge >= 0.3 is 0 Å². The van der Waals surface area contributed by atoms with Gasteiger partial charge in [-0.1, -0.05) is 0 Å². The highest BCUT2D eigenvalue weighted by atomic mass is 32.1. The average Bonchev–Trinajstić information content (AvgIpc) is 3.12. The van der Waals surface area contributed by atoms with Crippen LogP contribution < -0.4 is 10.6 Å². The van der Waals surface area contributed by atoms with Gasteiger partial charge in [-0.05, 0) is 48.9 Å². The minimum atomic E-state index is -0.586. The first kappa shape index (κ1) is 22.6. The minimum Gasteiger partial charge on any atom is -0.508 e. The lowest BCUT2D eigenvalue weighted by molar-refractivity contribution is 0.102. The summed E-state index contributed by atoms with van der Waals surface area (Å²) in [5, 5.41) is 54.5. The normalized spacial score (nSPS) is 12.8. The molecule has 1 aromatic heterocycles. The van der Waals surface area contributed by atoms with Crippen LogP contribution in [0.1, 0.15) is 39.2 Å². The average molecular weight is 473 g/mol. The number of phenols is 5. The van der Waals surface area contributed by atoms with E-state index in [4.69, 9.17) is 4.74 Å². The summed E-state index contributed by atoms with van der Waals surface area (Å²) in [6.07, 6.45) is 3.72. The second-order valence-electron chi connectivity index (χ2n) is 7.76. The molecule has 0 spiro atoms. The Hall–Kier alpha value is -3.63. The molecule has 0 radical (unpaired) electrons. The van der Waals surface area contributed by atoms with E-state index >= 15 is 0 Å². The molecule has 0 bridgehead atoms. The van der Waals surface area contributed by atoms with Gasteiger partial charge in [0.05, 0.1) is 12.2 Å². The van der Waals surface area contributed by atoms with E-state index in [0.29, 0.717) is 16.1 Å². The number of nitrogens with one attached hydrogen (secondary N) is 2. The third-order valence-electron chi connectivity index (χ3n) is 5.29. The van der Waals surface area contributed by atoms with Crippen molar-refractivity contribution in [3.63, 3.8) is 0 Å². The molecule has 3 aromatic rings. The molecule has 1 aliphatic rings. The number of rotatable bonds is 7. The number of phenolic OH excluding ortho intramolecular Hbond substituents is 5. The molecule has 0 fully saturated rings. The van der Waals surface area contributed by atoms with Gasteiger partial charge < -0.3 is 40.9 Å². The molecule has 0 aliphatic heterocycles. The van der Waals surface area contributed by atoms with Gasteiger partial charge in [0.25, 0.3) is 5.91 Å². The monoisotopic (exact) mass is 472 g/mol. The van der Waals surface area contributed by atoms with Crippen molar-refractivity contribution in [2.75, 3.05) is 17.4 Å². The molecule has 7 N–H and O–H groups in total. The molecule has 174 valence electrons. The molecule has 9 nitrogen and oxygen atoms in total.